The zero-order valence-corrected chi connectivity index (χ0v) is 21.3. The molecule has 178 valence electrons. The maximum absolute atomic E-state index is 14.7. The minimum absolute atomic E-state index is 0.253. The fourth-order valence-corrected chi connectivity index (χ4v) is 5.16. The molecule has 0 radical (unpaired) electrons. The second-order valence-corrected chi connectivity index (χ2v) is 15.2. The molecule has 0 spiro atoms. The number of methoxy groups -OCH3 is 1. The van der Waals surface area contributed by atoms with Crippen LogP contribution in [0.25, 0.3) is 0 Å². The Morgan fingerprint density at radius 1 is 1.18 bits per heavy atom. The van der Waals surface area contributed by atoms with Crippen molar-refractivity contribution < 1.29 is 23.5 Å². The van der Waals surface area contributed by atoms with E-state index in [0.29, 0.717) is 34.4 Å². The lowest BCUT2D eigenvalue weighted by molar-refractivity contribution is -0.122. The number of hydrogen-bond donors (Lipinski definition) is 1. The smallest absolute Gasteiger partial charge is 0.411 e. The number of hydrogen-bond acceptors (Lipinski definition) is 5. The van der Waals surface area contributed by atoms with Gasteiger partial charge in [0, 0.05) is 30.3 Å². The van der Waals surface area contributed by atoms with Crippen LogP contribution < -0.4 is 15.2 Å². The van der Waals surface area contributed by atoms with Crippen LogP contribution in [-0.2, 0) is 16.0 Å². The largest absolute Gasteiger partial charge is 0.481 e. The van der Waals surface area contributed by atoms with Gasteiger partial charge >= 0.3 is 6.09 Å². The predicted molar refractivity (Wildman–Crippen MR) is 128 cm³/mol. The highest BCUT2D eigenvalue weighted by Gasteiger charge is 2.39. The zero-order chi connectivity index (χ0) is 24.6. The summed E-state index contributed by atoms with van der Waals surface area (Å²) in [5.41, 5.74) is 0.878. The molecule has 0 aliphatic carbocycles. The molecule has 0 fully saturated rings. The molecule has 2 heterocycles. The lowest BCUT2D eigenvalue weighted by Gasteiger charge is -2.36. The van der Waals surface area contributed by atoms with Crippen molar-refractivity contribution in [1.29, 1.82) is 0 Å². The molecule has 2 amide bonds. The molecule has 1 N–H and O–H groups in total. The first-order valence-corrected chi connectivity index (χ1v) is 14.4. The van der Waals surface area contributed by atoms with Crippen LogP contribution >= 0.6 is 0 Å². The van der Waals surface area contributed by atoms with Crippen molar-refractivity contribution in [3.8, 4) is 5.88 Å². The highest BCUT2D eigenvalue weighted by atomic mass is 28.3. The highest BCUT2D eigenvalue weighted by Crippen LogP contribution is 2.32. The van der Waals surface area contributed by atoms with Gasteiger partial charge in [-0.2, -0.15) is 0 Å². The SMILES string of the molecule is COc1ccc2c(n1)CCN(C(=O)OC(C)(C)C)[C@H]2C(=O)Nc1ccc([Si](C)(C)C)c(F)c1. The molecule has 1 aromatic heterocycles. The van der Waals surface area contributed by atoms with Gasteiger partial charge in [0.15, 0.2) is 0 Å². The van der Waals surface area contributed by atoms with Gasteiger partial charge < -0.3 is 14.8 Å². The van der Waals surface area contributed by atoms with Crippen LogP contribution in [0.2, 0.25) is 19.6 Å². The van der Waals surface area contributed by atoms with Gasteiger partial charge in [-0.3, -0.25) is 9.69 Å². The summed E-state index contributed by atoms with van der Waals surface area (Å²) in [6, 6.07) is 7.17. The number of ether oxygens (including phenoxy) is 2. The van der Waals surface area contributed by atoms with E-state index < -0.39 is 31.7 Å². The Morgan fingerprint density at radius 2 is 1.88 bits per heavy atom. The predicted octanol–water partition coefficient (Wildman–Crippen LogP) is 4.25. The lowest BCUT2D eigenvalue weighted by atomic mass is 9.96. The minimum atomic E-state index is -1.86. The number of halogens is 1. The summed E-state index contributed by atoms with van der Waals surface area (Å²) < 4.78 is 25.5. The van der Waals surface area contributed by atoms with Crippen molar-refractivity contribution in [1.82, 2.24) is 9.88 Å². The Hall–Kier alpha value is -2.94. The van der Waals surface area contributed by atoms with Crippen molar-refractivity contribution in [2.75, 3.05) is 19.0 Å². The van der Waals surface area contributed by atoms with Gasteiger partial charge in [-0.25, -0.2) is 14.2 Å². The second kappa shape index (κ2) is 9.13. The number of rotatable bonds is 4. The molecule has 0 bridgehead atoms. The van der Waals surface area contributed by atoms with Crippen LogP contribution in [0.1, 0.15) is 38.1 Å². The Balaban J connectivity index is 1.95. The molecule has 1 aliphatic rings. The quantitative estimate of drug-likeness (QED) is 0.672. The third kappa shape index (κ3) is 5.71. The maximum Gasteiger partial charge on any atom is 0.411 e. The van der Waals surface area contributed by atoms with Gasteiger partial charge in [-0.1, -0.05) is 25.7 Å². The third-order valence-corrected chi connectivity index (χ3v) is 7.33. The summed E-state index contributed by atoms with van der Waals surface area (Å²) in [5.74, 6) is -0.372. The lowest BCUT2D eigenvalue weighted by Crippen LogP contribution is -2.47. The van der Waals surface area contributed by atoms with E-state index in [4.69, 9.17) is 9.47 Å². The number of fused-ring (bicyclic) bond motifs is 1. The maximum atomic E-state index is 14.7. The summed E-state index contributed by atoms with van der Waals surface area (Å²) in [5, 5.41) is 3.47. The molecule has 2 aromatic rings. The van der Waals surface area contributed by atoms with E-state index in [1.54, 1.807) is 45.0 Å². The fourth-order valence-electron chi connectivity index (χ4n) is 3.79. The molecule has 3 rings (SSSR count). The minimum Gasteiger partial charge on any atom is -0.481 e. The summed E-state index contributed by atoms with van der Waals surface area (Å²) in [4.78, 5) is 32.2. The van der Waals surface area contributed by atoms with Crippen molar-refractivity contribution in [2.24, 2.45) is 0 Å². The van der Waals surface area contributed by atoms with E-state index in [9.17, 15) is 14.0 Å². The Labute approximate surface area is 195 Å². The number of aromatic nitrogens is 1. The molecular weight excluding hydrogens is 441 g/mol. The van der Waals surface area contributed by atoms with E-state index in [1.165, 1.54) is 18.1 Å². The van der Waals surface area contributed by atoms with E-state index in [2.05, 4.69) is 29.9 Å². The molecular formula is C24H32FN3O4Si. The number of benzene rings is 1. The fraction of sp³-hybridized carbons (Fsp3) is 0.458. The normalized spacial score (nSPS) is 16.1. The molecule has 33 heavy (non-hydrogen) atoms. The molecule has 0 saturated heterocycles. The van der Waals surface area contributed by atoms with Crippen molar-refractivity contribution in [3.63, 3.8) is 0 Å². The van der Waals surface area contributed by atoms with Crippen LogP contribution in [0.4, 0.5) is 14.9 Å². The molecule has 0 unspecified atom stereocenters. The number of carbonyl (C=O) groups excluding carboxylic acids is 2. The average molecular weight is 474 g/mol. The molecule has 7 nitrogen and oxygen atoms in total. The van der Waals surface area contributed by atoms with Crippen LogP contribution in [0.5, 0.6) is 5.88 Å². The summed E-state index contributed by atoms with van der Waals surface area (Å²) in [7, 11) is -0.334. The third-order valence-electron chi connectivity index (χ3n) is 5.31. The first kappa shape index (κ1) is 24.7. The number of nitrogens with one attached hydrogen (secondary N) is 1. The standard InChI is InChI=1S/C24H32FN3O4Si/c1-24(2,3)32-23(30)28-13-12-18-16(9-11-20(27-18)31-4)21(28)22(29)26-15-8-10-19(17(25)14-15)33(5,6)7/h8-11,14,21H,12-13H2,1-7H3,(H,26,29)/t21-/m1/s1. The molecule has 1 atom stereocenters. The van der Waals surface area contributed by atoms with Crippen LogP contribution in [-0.4, -0.2) is 49.2 Å². The zero-order valence-electron chi connectivity index (χ0n) is 20.3. The van der Waals surface area contributed by atoms with Gasteiger partial charge in [-0.05, 0) is 44.2 Å². The first-order chi connectivity index (χ1) is 15.3. The van der Waals surface area contributed by atoms with Crippen LogP contribution in [0.15, 0.2) is 30.3 Å². The van der Waals surface area contributed by atoms with Gasteiger partial charge in [-0.15, -0.1) is 0 Å². The summed E-state index contributed by atoms with van der Waals surface area (Å²) in [6.07, 6.45) is -0.140. The summed E-state index contributed by atoms with van der Waals surface area (Å²) in [6.45, 7) is 11.7. The Bertz CT molecular complexity index is 1060. The number of pyridine rings is 1. The molecule has 1 aliphatic heterocycles. The van der Waals surface area contributed by atoms with Gasteiger partial charge in [0.25, 0.3) is 5.91 Å². The first-order valence-electron chi connectivity index (χ1n) is 10.9. The number of nitrogens with zero attached hydrogens (tertiary/aromatic N) is 2. The number of amides is 2. The van der Waals surface area contributed by atoms with E-state index in [0.717, 1.165) is 0 Å². The van der Waals surface area contributed by atoms with Gasteiger partial charge in [0.1, 0.15) is 17.5 Å². The molecule has 0 saturated carbocycles. The van der Waals surface area contributed by atoms with Crippen molar-refractivity contribution >= 4 is 30.9 Å². The highest BCUT2D eigenvalue weighted by molar-refractivity contribution is 6.88. The van der Waals surface area contributed by atoms with Gasteiger partial charge in [0.05, 0.1) is 20.9 Å². The van der Waals surface area contributed by atoms with Gasteiger partial charge in [0.2, 0.25) is 5.88 Å². The van der Waals surface area contributed by atoms with Crippen LogP contribution in [0.3, 0.4) is 0 Å². The summed E-state index contributed by atoms with van der Waals surface area (Å²) >= 11 is 0. The van der Waals surface area contributed by atoms with Crippen molar-refractivity contribution in [3.05, 3.63) is 47.4 Å². The molecule has 9 heteroatoms. The number of anilines is 1. The monoisotopic (exact) mass is 473 g/mol. The van der Waals surface area contributed by atoms with E-state index >= 15 is 0 Å². The topological polar surface area (TPSA) is 80.8 Å². The van der Waals surface area contributed by atoms with Crippen molar-refractivity contribution in [2.45, 2.75) is 58.5 Å². The Kier molecular flexibility index (Phi) is 6.83. The Morgan fingerprint density at radius 3 is 2.45 bits per heavy atom. The average Bonchev–Trinajstić information content (AvgIpc) is 2.70. The van der Waals surface area contributed by atoms with E-state index in [1.807, 2.05) is 0 Å². The second-order valence-electron chi connectivity index (χ2n) is 10.1. The molecule has 1 aromatic carbocycles. The number of carbonyl (C=O) groups is 2. The van der Waals surface area contributed by atoms with Crippen LogP contribution in [0, 0.1) is 5.82 Å². The van der Waals surface area contributed by atoms with E-state index in [-0.39, 0.29) is 12.4 Å².